The fraction of sp³-hybridized carbons (Fsp3) is 0.368. The summed E-state index contributed by atoms with van der Waals surface area (Å²) in [5, 5.41) is 0. The molecule has 1 heterocycles. The summed E-state index contributed by atoms with van der Waals surface area (Å²) in [6.45, 7) is 6.63. The average Bonchev–Trinajstić information content (AvgIpc) is 2.89. The fourth-order valence-corrected chi connectivity index (χ4v) is 2.86. The Morgan fingerprint density at radius 1 is 1.10 bits per heavy atom. The van der Waals surface area contributed by atoms with Gasteiger partial charge < -0.3 is 9.47 Å². The third-order valence-electron chi connectivity index (χ3n) is 4.02. The highest BCUT2D eigenvalue weighted by Crippen LogP contribution is 2.45. The Labute approximate surface area is 126 Å². The lowest BCUT2D eigenvalue weighted by Gasteiger charge is -2.23. The normalized spacial score (nSPS) is 17.2. The van der Waals surface area contributed by atoms with Gasteiger partial charge in [0.25, 0.3) is 0 Å². The first kappa shape index (κ1) is 14.0. The molecule has 110 valence electrons. The number of hydrogen-bond donors (Lipinski definition) is 0. The van der Waals surface area contributed by atoms with Crippen LogP contribution in [0.15, 0.2) is 42.5 Å². The van der Waals surface area contributed by atoms with Gasteiger partial charge in [0.05, 0.1) is 7.11 Å². The summed E-state index contributed by atoms with van der Waals surface area (Å²) in [5.74, 6) is 1.95. The molecule has 2 aromatic carbocycles. The van der Waals surface area contributed by atoms with Crippen LogP contribution in [0.3, 0.4) is 0 Å². The maximum atomic E-state index is 6.29. The molecule has 1 aliphatic rings. The number of benzene rings is 2. The number of hydrogen-bond acceptors (Lipinski definition) is 2. The van der Waals surface area contributed by atoms with Gasteiger partial charge in [0.15, 0.2) is 0 Å². The van der Waals surface area contributed by atoms with Gasteiger partial charge >= 0.3 is 0 Å². The second-order valence-electron chi connectivity index (χ2n) is 6.63. The lowest BCUT2D eigenvalue weighted by atomic mass is 9.85. The zero-order valence-corrected chi connectivity index (χ0v) is 13.1. The van der Waals surface area contributed by atoms with Gasteiger partial charge in [0.2, 0.25) is 0 Å². The number of fused-ring (bicyclic) bond motifs is 1. The molecule has 21 heavy (non-hydrogen) atoms. The molecule has 0 bridgehead atoms. The van der Waals surface area contributed by atoms with E-state index in [1.165, 1.54) is 16.7 Å². The molecule has 2 nitrogen and oxygen atoms in total. The summed E-state index contributed by atoms with van der Waals surface area (Å²) in [6, 6.07) is 14.6. The number of rotatable bonds is 2. The van der Waals surface area contributed by atoms with Crippen molar-refractivity contribution >= 4 is 0 Å². The fourth-order valence-electron chi connectivity index (χ4n) is 2.86. The lowest BCUT2D eigenvalue weighted by molar-refractivity contribution is 0.234. The molecule has 0 spiro atoms. The van der Waals surface area contributed by atoms with Crippen LogP contribution >= 0.6 is 0 Å². The van der Waals surface area contributed by atoms with E-state index in [0.717, 1.165) is 17.9 Å². The Kier molecular flexibility index (Phi) is 3.40. The molecule has 0 aromatic heterocycles. The number of methoxy groups -OCH3 is 1. The first-order valence-corrected chi connectivity index (χ1v) is 7.42. The molecule has 1 aliphatic heterocycles. The monoisotopic (exact) mass is 282 g/mol. The summed E-state index contributed by atoms with van der Waals surface area (Å²) in [6.07, 6.45) is 1.01. The Morgan fingerprint density at radius 2 is 1.81 bits per heavy atom. The van der Waals surface area contributed by atoms with E-state index in [4.69, 9.17) is 9.47 Å². The van der Waals surface area contributed by atoms with Crippen molar-refractivity contribution in [1.29, 1.82) is 0 Å². The predicted molar refractivity (Wildman–Crippen MR) is 85.2 cm³/mol. The van der Waals surface area contributed by atoms with Crippen molar-refractivity contribution in [3.63, 3.8) is 0 Å². The quantitative estimate of drug-likeness (QED) is 0.797. The van der Waals surface area contributed by atoms with Gasteiger partial charge in [0.1, 0.15) is 17.6 Å². The van der Waals surface area contributed by atoms with Crippen LogP contribution in [0.4, 0.5) is 0 Å². The van der Waals surface area contributed by atoms with Gasteiger partial charge in [-0.05, 0) is 23.1 Å². The Morgan fingerprint density at radius 3 is 2.43 bits per heavy atom. The van der Waals surface area contributed by atoms with Gasteiger partial charge in [-0.15, -0.1) is 0 Å². The molecule has 0 saturated heterocycles. The Hall–Kier alpha value is -1.96. The highest BCUT2D eigenvalue weighted by atomic mass is 16.5. The molecule has 0 aliphatic carbocycles. The molecule has 3 rings (SSSR count). The molecule has 0 fully saturated rings. The van der Waals surface area contributed by atoms with Crippen molar-refractivity contribution in [1.82, 2.24) is 0 Å². The van der Waals surface area contributed by atoms with Crippen LogP contribution in [0.2, 0.25) is 0 Å². The Balaban J connectivity index is 2.02. The van der Waals surface area contributed by atoms with Crippen molar-refractivity contribution in [3.05, 3.63) is 59.2 Å². The van der Waals surface area contributed by atoms with E-state index in [0.29, 0.717) is 0 Å². The van der Waals surface area contributed by atoms with Gasteiger partial charge in [-0.2, -0.15) is 0 Å². The largest absolute Gasteiger partial charge is 0.497 e. The maximum Gasteiger partial charge on any atom is 0.128 e. The maximum absolute atomic E-state index is 6.29. The van der Waals surface area contributed by atoms with E-state index in [2.05, 4.69) is 57.2 Å². The van der Waals surface area contributed by atoms with Crippen molar-refractivity contribution < 1.29 is 9.47 Å². The van der Waals surface area contributed by atoms with Gasteiger partial charge in [-0.1, -0.05) is 51.1 Å². The highest BCUT2D eigenvalue weighted by molar-refractivity contribution is 5.53. The summed E-state index contributed by atoms with van der Waals surface area (Å²) in [5.41, 5.74) is 3.72. The zero-order valence-electron chi connectivity index (χ0n) is 13.1. The van der Waals surface area contributed by atoms with Gasteiger partial charge in [-0.25, -0.2) is 0 Å². The first-order chi connectivity index (χ1) is 9.99. The van der Waals surface area contributed by atoms with Crippen molar-refractivity contribution in [3.8, 4) is 11.5 Å². The minimum atomic E-state index is 0.0319. The second-order valence-corrected chi connectivity index (χ2v) is 6.63. The van der Waals surface area contributed by atoms with Gasteiger partial charge in [-0.3, -0.25) is 0 Å². The summed E-state index contributed by atoms with van der Waals surface area (Å²) >= 11 is 0. The summed E-state index contributed by atoms with van der Waals surface area (Å²) in [4.78, 5) is 0. The molecule has 2 heteroatoms. The third-order valence-corrected chi connectivity index (χ3v) is 4.02. The van der Waals surface area contributed by atoms with Crippen molar-refractivity contribution in [2.45, 2.75) is 38.7 Å². The molecule has 0 radical (unpaired) electrons. The van der Waals surface area contributed by atoms with Crippen LogP contribution in [0.25, 0.3) is 0 Å². The minimum absolute atomic E-state index is 0.0319. The third kappa shape index (κ3) is 2.63. The predicted octanol–water partition coefficient (Wildman–Crippen LogP) is 4.67. The zero-order chi connectivity index (χ0) is 15.0. The molecular weight excluding hydrogens is 260 g/mol. The van der Waals surface area contributed by atoms with Crippen molar-refractivity contribution in [2.24, 2.45) is 0 Å². The molecule has 2 aromatic rings. The molecular formula is C19H22O2. The second kappa shape index (κ2) is 5.10. The van der Waals surface area contributed by atoms with E-state index in [1.807, 2.05) is 6.07 Å². The van der Waals surface area contributed by atoms with E-state index < -0.39 is 0 Å². The molecule has 0 N–H and O–H groups in total. The smallest absolute Gasteiger partial charge is 0.128 e. The first-order valence-electron chi connectivity index (χ1n) is 7.42. The van der Waals surface area contributed by atoms with Crippen LogP contribution < -0.4 is 9.47 Å². The van der Waals surface area contributed by atoms with Crippen LogP contribution in [0.5, 0.6) is 11.5 Å². The molecule has 0 amide bonds. The van der Waals surface area contributed by atoms with E-state index in [-0.39, 0.29) is 11.5 Å². The van der Waals surface area contributed by atoms with Crippen LogP contribution in [0, 0.1) is 0 Å². The van der Waals surface area contributed by atoms with Crippen LogP contribution in [0.1, 0.15) is 43.6 Å². The summed E-state index contributed by atoms with van der Waals surface area (Å²) in [7, 11) is 1.72. The Bertz CT molecular complexity index is 639. The molecule has 1 atom stereocenters. The molecule has 0 saturated carbocycles. The summed E-state index contributed by atoms with van der Waals surface area (Å²) < 4.78 is 11.8. The minimum Gasteiger partial charge on any atom is -0.497 e. The van der Waals surface area contributed by atoms with Crippen LogP contribution in [-0.4, -0.2) is 7.11 Å². The average molecular weight is 282 g/mol. The van der Waals surface area contributed by atoms with E-state index >= 15 is 0 Å². The SMILES string of the molecule is COc1cc2c(c(C(C)(C)C)c1)OC(c1ccccc1)C2. The molecule has 1 unspecified atom stereocenters. The van der Waals surface area contributed by atoms with E-state index in [1.54, 1.807) is 7.11 Å². The lowest BCUT2D eigenvalue weighted by Crippen LogP contribution is -2.13. The number of ether oxygens (including phenoxy) is 2. The van der Waals surface area contributed by atoms with Crippen LogP contribution in [-0.2, 0) is 11.8 Å². The standard InChI is InChI=1S/C19H22O2/c1-19(2,3)16-12-15(20-4)10-14-11-17(21-18(14)16)13-8-6-5-7-9-13/h5-10,12,17H,11H2,1-4H3. The van der Waals surface area contributed by atoms with E-state index in [9.17, 15) is 0 Å². The topological polar surface area (TPSA) is 18.5 Å². The highest BCUT2D eigenvalue weighted by Gasteiger charge is 2.31. The van der Waals surface area contributed by atoms with Crippen molar-refractivity contribution in [2.75, 3.05) is 7.11 Å². The van der Waals surface area contributed by atoms with Gasteiger partial charge in [0, 0.05) is 17.5 Å².